The third-order valence-electron chi connectivity index (χ3n) is 4.44. The van der Waals surface area contributed by atoms with Crippen molar-refractivity contribution >= 4 is 17.6 Å². The van der Waals surface area contributed by atoms with E-state index in [4.69, 9.17) is 9.15 Å². The van der Waals surface area contributed by atoms with Crippen LogP contribution in [0, 0.1) is 0 Å². The number of carbonyl (C=O) groups is 2. The summed E-state index contributed by atoms with van der Waals surface area (Å²) in [5, 5.41) is 0. The minimum atomic E-state index is -0.499. The van der Waals surface area contributed by atoms with Crippen LogP contribution >= 0.6 is 0 Å². The quantitative estimate of drug-likeness (QED) is 0.679. The molecule has 1 atom stereocenters. The second-order valence-electron chi connectivity index (χ2n) is 5.95. The first-order chi connectivity index (χ1) is 12.7. The number of anilines is 1. The second-order valence-corrected chi connectivity index (χ2v) is 5.95. The Morgan fingerprint density at radius 1 is 1.12 bits per heavy atom. The molecule has 3 aromatic rings. The molecule has 130 valence electrons. The van der Waals surface area contributed by atoms with Gasteiger partial charge in [-0.2, -0.15) is 0 Å². The number of esters is 1. The molecule has 0 aliphatic carbocycles. The number of benzene rings is 2. The third kappa shape index (κ3) is 2.65. The lowest BCUT2D eigenvalue weighted by Crippen LogP contribution is -2.31. The van der Waals surface area contributed by atoms with Gasteiger partial charge in [-0.3, -0.25) is 9.59 Å². The lowest BCUT2D eigenvalue weighted by atomic mass is 10.0. The number of hydrogen-bond acceptors (Lipinski definition) is 5. The summed E-state index contributed by atoms with van der Waals surface area (Å²) in [7, 11) is 1.35. The maximum atomic E-state index is 13.0. The predicted molar refractivity (Wildman–Crippen MR) is 94.8 cm³/mol. The predicted octanol–water partition coefficient (Wildman–Crippen LogP) is 3.26. The summed E-state index contributed by atoms with van der Waals surface area (Å²) in [6, 6.07) is 16.7. The lowest BCUT2D eigenvalue weighted by Gasteiger charge is -2.15. The SMILES string of the molecule is COC(=O)[C@@H]1CN(C(=O)c2coc(-c3ccccc3)n2)c2ccccc21. The number of amides is 1. The van der Waals surface area contributed by atoms with Gasteiger partial charge < -0.3 is 14.1 Å². The molecular weight excluding hydrogens is 332 g/mol. The first kappa shape index (κ1) is 16.1. The number of carbonyl (C=O) groups excluding carboxylic acids is 2. The van der Waals surface area contributed by atoms with E-state index in [9.17, 15) is 9.59 Å². The highest BCUT2D eigenvalue weighted by atomic mass is 16.5. The van der Waals surface area contributed by atoms with E-state index in [-0.39, 0.29) is 24.1 Å². The number of rotatable bonds is 3. The van der Waals surface area contributed by atoms with Gasteiger partial charge in [0.15, 0.2) is 5.69 Å². The standard InChI is InChI=1S/C20H16N2O4/c1-25-20(24)15-11-22(17-10-6-5-9-14(15)17)19(23)16-12-26-18(21-16)13-7-3-2-4-8-13/h2-10,12,15H,11H2,1H3/t15-/m1/s1. The van der Waals surface area contributed by atoms with Crippen LogP contribution in [0.4, 0.5) is 5.69 Å². The zero-order valence-electron chi connectivity index (χ0n) is 14.1. The van der Waals surface area contributed by atoms with Crippen molar-refractivity contribution in [1.29, 1.82) is 0 Å². The molecule has 2 aromatic carbocycles. The fraction of sp³-hybridized carbons (Fsp3) is 0.150. The van der Waals surface area contributed by atoms with Crippen molar-refractivity contribution in [3.63, 3.8) is 0 Å². The summed E-state index contributed by atoms with van der Waals surface area (Å²) in [4.78, 5) is 30.9. The summed E-state index contributed by atoms with van der Waals surface area (Å²) in [6.45, 7) is 0.221. The number of fused-ring (bicyclic) bond motifs is 1. The molecule has 4 rings (SSSR count). The van der Waals surface area contributed by atoms with Crippen LogP contribution in [0.3, 0.4) is 0 Å². The Balaban J connectivity index is 1.65. The summed E-state index contributed by atoms with van der Waals surface area (Å²) in [5.41, 5.74) is 2.46. The normalized spacial score (nSPS) is 15.6. The van der Waals surface area contributed by atoms with Gasteiger partial charge in [0.2, 0.25) is 5.89 Å². The van der Waals surface area contributed by atoms with Crippen LogP contribution in [-0.4, -0.2) is 30.5 Å². The fourth-order valence-corrected chi connectivity index (χ4v) is 3.17. The molecule has 1 aliphatic heterocycles. The molecule has 2 heterocycles. The first-order valence-corrected chi connectivity index (χ1v) is 8.18. The molecule has 6 nitrogen and oxygen atoms in total. The number of nitrogens with zero attached hydrogens (tertiary/aromatic N) is 2. The van der Waals surface area contributed by atoms with Crippen LogP contribution in [0.5, 0.6) is 0 Å². The Morgan fingerprint density at radius 2 is 1.85 bits per heavy atom. The number of aromatic nitrogens is 1. The summed E-state index contributed by atoms with van der Waals surface area (Å²) in [5.74, 6) is -0.792. The van der Waals surface area contributed by atoms with Gasteiger partial charge in [-0.25, -0.2) is 4.98 Å². The minimum Gasteiger partial charge on any atom is -0.468 e. The number of oxazole rings is 1. The lowest BCUT2D eigenvalue weighted by molar-refractivity contribution is -0.141. The van der Waals surface area contributed by atoms with Gasteiger partial charge in [-0.15, -0.1) is 0 Å². The van der Waals surface area contributed by atoms with Crippen LogP contribution < -0.4 is 4.90 Å². The van der Waals surface area contributed by atoms with E-state index in [0.717, 1.165) is 11.1 Å². The van der Waals surface area contributed by atoms with E-state index in [1.807, 2.05) is 54.6 Å². The van der Waals surface area contributed by atoms with Gasteiger partial charge in [-0.1, -0.05) is 36.4 Å². The molecule has 1 amide bonds. The Labute approximate surface area is 150 Å². The molecular formula is C20H16N2O4. The smallest absolute Gasteiger partial charge is 0.315 e. The molecule has 0 unspecified atom stereocenters. The molecule has 6 heteroatoms. The molecule has 0 saturated heterocycles. The molecule has 1 aliphatic rings. The monoisotopic (exact) mass is 348 g/mol. The number of para-hydroxylation sites is 1. The maximum absolute atomic E-state index is 13.0. The van der Waals surface area contributed by atoms with E-state index in [1.165, 1.54) is 13.4 Å². The molecule has 0 fully saturated rings. The van der Waals surface area contributed by atoms with Crippen molar-refractivity contribution in [3.8, 4) is 11.5 Å². The second kappa shape index (κ2) is 6.48. The Kier molecular flexibility index (Phi) is 4.01. The molecule has 1 aromatic heterocycles. The average molecular weight is 348 g/mol. The fourth-order valence-electron chi connectivity index (χ4n) is 3.17. The number of hydrogen-bond donors (Lipinski definition) is 0. The van der Waals surface area contributed by atoms with Gasteiger partial charge in [0, 0.05) is 17.8 Å². The molecule has 26 heavy (non-hydrogen) atoms. The van der Waals surface area contributed by atoms with E-state index < -0.39 is 5.92 Å². The van der Waals surface area contributed by atoms with Gasteiger partial charge in [0.05, 0.1) is 7.11 Å². The van der Waals surface area contributed by atoms with E-state index in [2.05, 4.69) is 4.98 Å². The van der Waals surface area contributed by atoms with Crippen molar-refractivity contribution in [2.75, 3.05) is 18.6 Å². The zero-order valence-corrected chi connectivity index (χ0v) is 14.1. The highest BCUT2D eigenvalue weighted by Gasteiger charge is 2.38. The van der Waals surface area contributed by atoms with E-state index >= 15 is 0 Å². The zero-order chi connectivity index (χ0) is 18.1. The molecule has 0 saturated carbocycles. The van der Waals surface area contributed by atoms with Crippen LogP contribution in [0.25, 0.3) is 11.5 Å². The van der Waals surface area contributed by atoms with Crippen LogP contribution in [-0.2, 0) is 9.53 Å². The summed E-state index contributed by atoms with van der Waals surface area (Å²) in [6.07, 6.45) is 1.35. The van der Waals surface area contributed by atoms with Crippen molar-refractivity contribution < 1.29 is 18.7 Å². The number of ether oxygens (including phenoxy) is 1. The van der Waals surface area contributed by atoms with E-state index in [0.29, 0.717) is 11.6 Å². The Bertz CT molecular complexity index is 965. The Morgan fingerprint density at radius 3 is 2.62 bits per heavy atom. The molecule has 0 radical (unpaired) electrons. The maximum Gasteiger partial charge on any atom is 0.315 e. The largest absolute Gasteiger partial charge is 0.468 e. The van der Waals surface area contributed by atoms with Gasteiger partial charge in [0.1, 0.15) is 12.2 Å². The van der Waals surface area contributed by atoms with Crippen molar-refractivity contribution in [2.45, 2.75) is 5.92 Å². The summed E-state index contributed by atoms with van der Waals surface area (Å²) >= 11 is 0. The number of methoxy groups -OCH3 is 1. The topological polar surface area (TPSA) is 72.6 Å². The van der Waals surface area contributed by atoms with Crippen molar-refractivity contribution in [1.82, 2.24) is 4.98 Å². The van der Waals surface area contributed by atoms with Crippen LogP contribution in [0.2, 0.25) is 0 Å². The van der Waals surface area contributed by atoms with Crippen LogP contribution in [0.15, 0.2) is 65.3 Å². The average Bonchev–Trinajstić information content (AvgIpc) is 3.33. The van der Waals surface area contributed by atoms with E-state index in [1.54, 1.807) is 4.90 Å². The highest BCUT2D eigenvalue weighted by Crippen LogP contribution is 2.37. The van der Waals surface area contributed by atoms with Gasteiger partial charge in [-0.05, 0) is 23.8 Å². The minimum absolute atomic E-state index is 0.198. The first-order valence-electron chi connectivity index (χ1n) is 8.18. The highest BCUT2D eigenvalue weighted by molar-refractivity contribution is 6.07. The Hall–Kier alpha value is -3.41. The van der Waals surface area contributed by atoms with Crippen molar-refractivity contribution in [2.24, 2.45) is 0 Å². The molecule has 0 spiro atoms. The summed E-state index contributed by atoms with van der Waals surface area (Å²) < 4.78 is 10.3. The molecule has 0 bridgehead atoms. The van der Waals surface area contributed by atoms with Crippen molar-refractivity contribution in [3.05, 3.63) is 72.1 Å². The van der Waals surface area contributed by atoms with Gasteiger partial charge in [0.25, 0.3) is 5.91 Å². The third-order valence-corrected chi connectivity index (χ3v) is 4.44. The van der Waals surface area contributed by atoms with Crippen LogP contribution in [0.1, 0.15) is 22.0 Å². The molecule has 0 N–H and O–H groups in total. The van der Waals surface area contributed by atoms with Gasteiger partial charge >= 0.3 is 5.97 Å².